The van der Waals surface area contributed by atoms with Crippen molar-refractivity contribution >= 4 is 11.6 Å². The smallest absolute Gasteiger partial charge is 0.193 e. The van der Waals surface area contributed by atoms with Crippen LogP contribution in [0.4, 0.5) is 5.69 Å². The summed E-state index contributed by atoms with van der Waals surface area (Å²) in [6.07, 6.45) is 2.25. The number of nitrogens with two attached hydrogens (primary N) is 1. The lowest BCUT2D eigenvalue weighted by molar-refractivity contribution is 0.417. The minimum Gasteiger partial charge on any atom is -0.495 e. The maximum Gasteiger partial charge on any atom is 0.193 e. The number of ether oxygens (including phenoxy) is 1. The van der Waals surface area contributed by atoms with Crippen molar-refractivity contribution < 1.29 is 4.74 Å². The second kappa shape index (κ2) is 7.58. The number of methoxy groups -OCH3 is 1. The Bertz CT molecular complexity index is 386. The van der Waals surface area contributed by atoms with Crippen LogP contribution in [0.2, 0.25) is 0 Å². The lowest BCUT2D eigenvalue weighted by Gasteiger charge is -2.12. The minimum atomic E-state index is 0.436. The zero-order valence-corrected chi connectivity index (χ0v) is 11.4. The van der Waals surface area contributed by atoms with E-state index in [1.807, 2.05) is 24.3 Å². The third-order valence-corrected chi connectivity index (χ3v) is 3.04. The monoisotopic (exact) mass is 249 g/mol. The molecular weight excluding hydrogens is 226 g/mol. The standard InChI is InChI=1S/C14H23N3O/c1-4-11(5-2)10-16-14(15)17-12-8-6-7-9-13(12)18-3/h6-9,11H,4-5,10H2,1-3H3,(H3,15,16,17). The Kier molecular flexibility index (Phi) is 6.05. The zero-order valence-electron chi connectivity index (χ0n) is 11.4. The van der Waals surface area contributed by atoms with E-state index in [2.05, 4.69) is 24.2 Å². The fourth-order valence-corrected chi connectivity index (χ4v) is 1.70. The largest absolute Gasteiger partial charge is 0.495 e. The molecule has 0 heterocycles. The predicted molar refractivity (Wildman–Crippen MR) is 77.2 cm³/mol. The molecule has 100 valence electrons. The Balaban J connectivity index is 2.63. The molecule has 0 aliphatic rings. The summed E-state index contributed by atoms with van der Waals surface area (Å²) in [5.74, 6) is 1.80. The molecule has 0 amide bonds. The summed E-state index contributed by atoms with van der Waals surface area (Å²) in [5, 5.41) is 3.07. The molecular formula is C14H23N3O. The van der Waals surface area contributed by atoms with Crippen LogP contribution in [0.15, 0.2) is 29.3 Å². The number of anilines is 1. The fourth-order valence-electron chi connectivity index (χ4n) is 1.70. The molecule has 0 spiro atoms. The van der Waals surface area contributed by atoms with Crippen molar-refractivity contribution in [3.05, 3.63) is 24.3 Å². The molecule has 0 aliphatic carbocycles. The number of benzene rings is 1. The van der Waals surface area contributed by atoms with E-state index in [0.717, 1.165) is 30.8 Å². The van der Waals surface area contributed by atoms with Gasteiger partial charge >= 0.3 is 0 Å². The van der Waals surface area contributed by atoms with Crippen molar-refractivity contribution in [2.75, 3.05) is 19.0 Å². The molecule has 0 aliphatic heterocycles. The van der Waals surface area contributed by atoms with Gasteiger partial charge in [0.25, 0.3) is 0 Å². The van der Waals surface area contributed by atoms with Gasteiger partial charge in [0.2, 0.25) is 0 Å². The van der Waals surface area contributed by atoms with Crippen LogP contribution in [-0.4, -0.2) is 19.6 Å². The summed E-state index contributed by atoms with van der Waals surface area (Å²) < 4.78 is 5.24. The molecule has 0 fully saturated rings. The Morgan fingerprint density at radius 3 is 2.61 bits per heavy atom. The second-order valence-corrected chi connectivity index (χ2v) is 4.23. The molecule has 1 aromatic rings. The van der Waals surface area contributed by atoms with E-state index in [1.54, 1.807) is 7.11 Å². The van der Waals surface area contributed by atoms with Crippen LogP contribution in [-0.2, 0) is 0 Å². The van der Waals surface area contributed by atoms with Gasteiger partial charge in [-0.05, 0) is 18.1 Å². The van der Waals surface area contributed by atoms with Crippen LogP contribution in [0.25, 0.3) is 0 Å². The number of nitrogens with one attached hydrogen (secondary N) is 1. The van der Waals surface area contributed by atoms with Crippen LogP contribution in [0.5, 0.6) is 5.75 Å². The minimum absolute atomic E-state index is 0.436. The van der Waals surface area contributed by atoms with Gasteiger partial charge in [-0.1, -0.05) is 38.8 Å². The van der Waals surface area contributed by atoms with Crippen LogP contribution in [0.1, 0.15) is 26.7 Å². The Morgan fingerprint density at radius 2 is 2.00 bits per heavy atom. The van der Waals surface area contributed by atoms with Crippen molar-refractivity contribution in [1.29, 1.82) is 0 Å². The Labute approximate surface area is 109 Å². The molecule has 0 aromatic heterocycles. The number of nitrogens with zero attached hydrogens (tertiary/aromatic N) is 1. The predicted octanol–water partition coefficient (Wildman–Crippen LogP) is 2.86. The number of aliphatic imine (C=N–C) groups is 1. The average molecular weight is 249 g/mol. The maximum atomic E-state index is 5.87. The average Bonchev–Trinajstić information content (AvgIpc) is 2.40. The fraction of sp³-hybridized carbons (Fsp3) is 0.500. The summed E-state index contributed by atoms with van der Waals surface area (Å²) in [6, 6.07) is 7.65. The maximum absolute atomic E-state index is 5.87. The molecule has 3 N–H and O–H groups in total. The Morgan fingerprint density at radius 1 is 1.33 bits per heavy atom. The van der Waals surface area contributed by atoms with E-state index < -0.39 is 0 Å². The normalized spacial score (nSPS) is 11.7. The quantitative estimate of drug-likeness (QED) is 0.602. The van der Waals surface area contributed by atoms with Gasteiger partial charge in [0.1, 0.15) is 5.75 Å². The third kappa shape index (κ3) is 4.28. The lowest BCUT2D eigenvalue weighted by atomic mass is 10.0. The summed E-state index contributed by atoms with van der Waals surface area (Å²) in [6.45, 7) is 5.11. The van der Waals surface area contributed by atoms with Crippen molar-refractivity contribution in [2.45, 2.75) is 26.7 Å². The zero-order chi connectivity index (χ0) is 13.4. The lowest BCUT2D eigenvalue weighted by Crippen LogP contribution is -2.24. The number of rotatable bonds is 6. The van der Waals surface area contributed by atoms with E-state index in [9.17, 15) is 0 Å². The molecule has 0 bridgehead atoms. The van der Waals surface area contributed by atoms with Gasteiger partial charge < -0.3 is 15.8 Å². The van der Waals surface area contributed by atoms with Crippen molar-refractivity contribution in [1.82, 2.24) is 0 Å². The molecule has 0 radical (unpaired) electrons. The third-order valence-electron chi connectivity index (χ3n) is 3.04. The topological polar surface area (TPSA) is 59.6 Å². The van der Waals surface area contributed by atoms with Gasteiger partial charge in [0, 0.05) is 6.54 Å². The van der Waals surface area contributed by atoms with Gasteiger partial charge in [0.05, 0.1) is 12.8 Å². The highest BCUT2D eigenvalue weighted by Gasteiger charge is 2.04. The molecule has 0 saturated carbocycles. The van der Waals surface area contributed by atoms with Gasteiger partial charge in [-0.25, -0.2) is 0 Å². The Hall–Kier alpha value is -1.71. The van der Waals surface area contributed by atoms with E-state index in [0.29, 0.717) is 11.9 Å². The van der Waals surface area contributed by atoms with Crippen LogP contribution in [0.3, 0.4) is 0 Å². The molecule has 1 aromatic carbocycles. The van der Waals surface area contributed by atoms with Crippen molar-refractivity contribution in [3.63, 3.8) is 0 Å². The van der Waals surface area contributed by atoms with Crippen LogP contribution in [0, 0.1) is 5.92 Å². The van der Waals surface area contributed by atoms with E-state index in [1.165, 1.54) is 0 Å². The first-order valence-electron chi connectivity index (χ1n) is 6.41. The first kappa shape index (κ1) is 14.4. The first-order valence-corrected chi connectivity index (χ1v) is 6.41. The first-order chi connectivity index (χ1) is 8.71. The summed E-state index contributed by atoms with van der Waals surface area (Å²) in [7, 11) is 1.64. The van der Waals surface area contributed by atoms with E-state index >= 15 is 0 Å². The van der Waals surface area contributed by atoms with E-state index in [-0.39, 0.29) is 0 Å². The molecule has 4 heteroatoms. The molecule has 0 saturated heterocycles. The van der Waals surface area contributed by atoms with Crippen molar-refractivity contribution in [3.8, 4) is 5.75 Å². The summed E-state index contributed by atoms with van der Waals surface area (Å²) in [4.78, 5) is 4.36. The number of hydrogen-bond acceptors (Lipinski definition) is 2. The van der Waals surface area contributed by atoms with Crippen LogP contribution >= 0.6 is 0 Å². The SMILES string of the molecule is CCC(CC)CN=C(N)Nc1ccccc1OC. The number of hydrogen-bond donors (Lipinski definition) is 2. The van der Waals surface area contributed by atoms with Crippen molar-refractivity contribution in [2.24, 2.45) is 16.6 Å². The van der Waals surface area contributed by atoms with Gasteiger partial charge in [-0.15, -0.1) is 0 Å². The molecule has 0 unspecified atom stereocenters. The van der Waals surface area contributed by atoms with Gasteiger partial charge in [-0.3, -0.25) is 4.99 Å². The molecule has 4 nitrogen and oxygen atoms in total. The number of para-hydroxylation sites is 2. The molecule has 18 heavy (non-hydrogen) atoms. The van der Waals surface area contributed by atoms with Gasteiger partial charge in [-0.2, -0.15) is 0 Å². The highest BCUT2D eigenvalue weighted by molar-refractivity contribution is 5.93. The molecule has 0 atom stereocenters. The van der Waals surface area contributed by atoms with Gasteiger partial charge in [0.15, 0.2) is 5.96 Å². The highest BCUT2D eigenvalue weighted by Crippen LogP contribution is 2.22. The molecule has 1 rings (SSSR count). The summed E-state index contributed by atoms with van der Waals surface area (Å²) >= 11 is 0. The van der Waals surface area contributed by atoms with E-state index in [4.69, 9.17) is 10.5 Å². The highest BCUT2D eigenvalue weighted by atomic mass is 16.5. The summed E-state index contributed by atoms with van der Waals surface area (Å²) in [5.41, 5.74) is 6.71. The van der Waals surface area contributed by atoms with Crippen LogP contribution < -0.4 is 15.8 Å². The second-order valence-electron chi connectivity index (χ2n) is 4.23. The number of guanidine groups is 1.